The third-order valence-electron chi connectivity index (χ3n) is 3.13. The molecule has 0 aromatic heterocycles. The van der Waals surface area contributed by atoms with Gasteiger partial charge in [0.05, 0.1) is 13.2 Å². The molecule has 2 amide bonds. The number of carbonyl (C=O) groups excluding carboxylic acids is 2. The molecule has 0 bridgehead atoms. The first-order valence-electron chi connectivity index (χ1n) is 6.80. The Morgan fingerprint density at radius 2 is 1.81 bits per heavy atom. The van der Waals surface area contributed by atoms with E-state index in [1.54, 1.807) is 12.1 Å². The molecule has 1 saturated heterocycles. The second kappa shape index (κ2) is 8.30. The molecule has 7 heteroatoms. The van der Waals surface area contributed by atoms with Crippen LogP contribution in [-0.2, 0) is 14.3 Å². The number of morpholine rings is 1. The summed E-state index contributed by atoms with van der Waals surface area (Å²) >= 11 is 2.18. The minimum Gasteiger partial charge on any atom is -0.379 e. The first kappa shape index (κ1) is 16.2. The number of carbonyl (C=O) groups is 2. The summed E-state index contributed by atoms with van der Waals surface area (Å²) in [6.45, 7) is 4.36. The average Bonchev–Trinajstić information content (AvgIpc) is 2.50. The lowest BCUT2D eigenvalue weighted by molar-refractivity contribution is -0.136. The smallest absolute Gasteiger partial charge is 0.313 e. The van der Waals surface area contributed by atoms with Gasteiger partial charge in [0.1, 0.15) is 0 Å². The van der Waals surface area contributed by atoms with Gasteiger partial charge in [-0.15, -0.1) is 0 Å². The summed E-state index contributed by atoms with van der Waals surface area (Å²) in [7, 11) is 0. The standard InChI is InChI=1S/C14H18IN3O3/c15-11-1-3-12(4-2-11)17-14(20)13(19)16-5-6-18-7-9-21-10-8-18/h1-4H,5-10H2,(H,16,19)(H,17,20). The molecule has 1 aliphatic rings. The SMILES string of the molecule is O=C(NCCN1CCOCC1)C(=O)Nc1ccc(I)cc1. The molecule has 1 aromatic rings. The van der Waals surface area contributed by atoms with Gasteiger partial charge in [-0.3, -0.25) is 14.5 Å². The highest BCUT2D eigenvalue weighted by molar-refractivity contribution is 14.1. The number of hydrogen-bond acceptors (Lipinski definition) is 4. The monoisotopic (exact) mass is 403 g/mol. The van der Waals surface area contributed by atoms with Crippen LogP contribution in [0.4, 0.5) is 5.69 Å². The largest absolute Gasteiger partial charge is 0.379 e. The van der Waals surface area contributed by atoms with Gasteiger partial charge in [-0.25, -0.2) is 0 Å². The number of amides is 2. The molecule has 2 N–H and O–H groups in total. The molecule has 1 fully saturated rings. The maximum absolute atomic E-state index is 11.7. The molecule has 1 aliphatic heterocycles. The van der Waals surface area contributed by atoms with Crippen molar-refractivity contribution >= 4 is 40.1 Å². The van der Waals surface area contributed by atoms with Crippen molar-refractivity contribution in [2.24, 2.45) is 0 Å². The topological polar surface area (TPSA) is 70.7 Å². The van der Waals surface area contributed by atoms with E-state index in [0.717, 1.165) is 36.4 Å². The predicted molar refractivity (Wildman–Crippen MR) is 88.1 cm³/mol. The second-order valence-corrected chi connectivity index (χ2v) is 5.92. The van der Waals surface area contributed by atoms with Gasteiger partial charge in [-0.1, -0.05) is 0 Å². The van der Waals surface area contributed by atoms with Crippen molar-refractivity contribution in [1.82, 2.24) is 10.2 Å². The maximum atomic E-state index is 11.7. The molecule has 1 aromatic carbocycles. The Bertz CT molecular complexity index is 487. The van der Waals surface area contributed by atoms with Gasteiger partial charge in [0, 0.05) is 35.4 Å². The van der Waals surface area contributed by atoms with Crippen molar-refractivity contribution < 1.29 is 14.3 Å². The van der Waals surface area contributed by atoms with E-state index in [2.05, 4.69) is 38.1 Å². The molecular weight excluding hydrogens is 385 g/mol. The minimum absolute atomic E-state index is 0.457. The van der Waals surface area contributed by atoms with E-state index in [-0.39, 0.29) is 0 Å². The summed E-state index contributed by atoms with van der Waals surface area (Å²) in [5.41, 5.74) is 0.615. The molecule has 0 spiro atoms. The highest BCUT2D eigenvalue weighted by Gasteiger charge is 2.14. The van der Waals surface area contributed by atoms with Crippen LogP contribution in [0.25, 0.3) is 0 Å². The van der Waals surface area contributed by atoms with Gasteiger partial charge in [0.15, 0.2) is 0 Å². The number of benzene rings is 1. The summed E-state index contributed by atoms with van der Waals surface area (Å²) in [6, 6.07) is 7.26. The Morgan fingerprint density at radius 3 is 2.48 bits per heavy atom. The van der Waals surface area contributed by atoms with E-state index >= 15 is 0 Å². The quantitative estimate of drug-likeness (QED) is 0.573. The highest BCUT2D eigenvalue weighted by atomic mass is 127. The van der Waals surface area contributed by atoms with Crippen LogP contribution in [0.2, 0.25) is 0 Å². The summed E-state index contributed by atoms with van der Waals surface area (Å²) in [5, 5.41) is 5.20. The number of nitrogens with one attached hydrogen (secondary N) is 2. The molecule has 0 unspecified atom stereocenters. The van der Waals surface area contributed by atoms with Crippen molar-refractivity contribution in [2.45, 2.75) is 0 Å². The van der Waals surface area contributed by atoms with Crippen LogP contribution in [-0.4, -0.2) is 56.1 Å². The zero-order chi connectivity index (χ0) is 15.1. The molecule has 6 nitrogen and oxygen atoms in total. The number of ether oxygens (including phenoxy) is 1. The van der Waals surface area contributed by atoms with Crippen molar-refractivity contribution in [2.75, 3.05) is 44.7 Å². The second-order valence-electron chi connectivity index (χ2n) is 4.67. The summed E-state index contributed by atoms with van der Waals surface area (Å²) < 4.78 is 6.32. The minimum atomic E-state index is -0.641. The Balaban J connectivity index is 1.69. The van der Waals surface area contributed by atoms with Gasteiger partial charge < -0.3 is 15.4 Å². The van der Waals surface area contributed by atoms with Crippen LogP contribution in [0.15, 0.2) is 24.3 Å². The highest BCUT2D eigenvalue weighted by Crippen LogP contribution is 2.10. The molecule has 1 heterocycles. The summed E-state index contributed by atoms with van der Waals surface area (Å²) in [4.78, 5) is 25.6. The summed E-state index contributed by atoms with van der Waals surface area (Å²) in [5.74, 6) is -1.25. The van der Waals surface area contributed by atoms with Gasteiger partial charge in [-0.2, -0.15) is 0 Å². The third kappa shape index (κ3) is 5.60. The van der Waals surface area contributed by atoms with Crippen LogP contribution < -0.4 is 10.6 Å². The Labute approximate surface area is 137 Å². The molecule has 114 valence electrons. The van der Waals surface area contributed by atoms with Crippen molar-refractivity contribution in [3.63, 3.8) is 0 Å². The fourth-order valence-corrected chi connectivity index (χ4v) is 2.31. The van der Waals surface area contributed by atoms with E-state index in [0.29, 0.717) is 12.2 Å². The van der Waals surface area contributed by atoms with E-state index in [4.69, 9.17) is 4.74 Å². The third-order valence-corrected chi connectivity index (χ3v) is 3.84. The lowest BCUT2D eigenvalue weighted by atomic mass is 10.3. The van der Waals surface area contributed by atoms with Crippen molar-refractivity contribution in [3.05, 3.63) is 27.8 Å². The molecular formula is C14H18IN3O3. The Kier molecular flexibility index (Phi) is 6.40. The van der Waals surface area contributed by atoms with E-state index in [1.165, 1.54) is 0 Å². The molecule has 0 saturated carbocycles. The molecule has 2 rings (SSSR count). The first-order chi connectivity index (χ1) is 10.1. The predicted octanol–water partition coefficient (Wildman–Crippen LogP) is 0.678. The maximum Gasteiger partial charge on any atom is 0.313 e. The fraction of sp³-hybridized carbons (Fsp3) is 0.429. The van der Waals surface area contributed by atoms with E-state index in [9.17, 15) is 9.59 Å². The van der Waals surface area contributed by atoms with Gasteiger partial charge in [0.2, 0.25) is 0 Å². The van der Waals surface area contributed by atoms with E-state index < -0.39 is 11.8 Å². The zero-order valence-corrected chi connectivity index (χ0v) is 13.8. The van der Waals surface area contributed by atoms with Gasteiger partial charge >= 0.3 is 11.8 Å². The van der Waals surface area contributed by atoms with Crippen LogP contribution in [0.5, 0.6) is 0 Å². The normalized spacial score (nSPS) is 15.5. The van der Waals surface area contributed by atoms with Crippen molar-refractivity contribution in [3.8, 4) is 0 Å². The Hall–Kier alpha value is -1.19. The molecule has 21 heavy (non-hydrogen) atoms. The van der Waals surface area contributed by atoms with Crippen LogP contribution in [0.1, 0.15) is 0 Å². The number of anilines is 1. The number of nitrogens with zero attached hydrogens (tertiary/aromatic N) is 1. The number of halogens is 1. The summed E-state index contributed by atoms with van der Waals surface area (Å²) in [6.07, 6.45) is 0. The molecule has 0 aliphatic carbocycles. The Morgan fingerprint density at radius 1 is 1.14 bits per heavy atom. The fourth-order valence-electron chi connectivity index (χ4n) is 1.95. The molecule has 0 radical (unpaired) electrons. The van der Waals surface area contributed by atoms with E-state index in [1.807, 2.05) is 12.1 Å². The van der Waals surface area contributed by atoms with Crippen LogP contribution in [0.3, 0.4) is 0 Å². The lowest BCUT2D eigenvalue weighted by Gasteiger charge is -2.26. The average molecular weight is 403 g/mol. The number of hydrogen-bond donors (Lipinski definition) is 2. The zero-order valence-electron chi connectivity index (χ0n) is 11.6. The lowest BCUT2D eigenvalue weighted by Crippen LogP contribution is -2.43. The van der Waals surface area contributed by atoms with Crippen LogP contribution >= 0.6 is 22.6 Å². The van der Waals surface area contributed by atoms with Crippen LogP contribution in [0, 0.1) is 3.57 Å². The molecule has 0 atom stereocenters. The van der Waals surface area contributed by atoms with Gasteiger partial charge in [-0.05, 0) is 46.9 Å². The first-order valence-corrected chi connectivity index (χ1v) is 7.88. The van der Waals surface area contributed by atoms with Crippen molar-refractivity contribution in [1.29, 1.82) is 0 Å². The number of rotatable bonds is 4. The van der Waals surface area contributed by atoms with Gasteiger partial charge in [0.25, 0.3) is 0 Å².